The van der Waals surface area contributed by atoms with Gasteiger partial charge < -0.3 is 14.6 Å². The van der Waals surface area contributed by atoms with Crippen molar-refractivity contribution in [2.24, 2.45) is 5.92 Å². The Morgan fingerprint density at radius 2 is 2.00 bits per heavy atom. The number of aryl methyl sites for hydroxylation is 1. The van der Waals surface area contributed by atoms with E-state index in [-0.39, 0.29) is 12.0 Å². The molecule has 0 bridgehead atoms. The van der Waals surface area contributed by atoms with Crippen LogP contribution in [0.4, 0.5) is 0 Å². The van der Waals surface area contributed by atoms with Gasteiger partial charge in [-0.05, 0) is 43.2 Å². The first-order valence-corrected chi connectivity index (χ1v) is 8.15. The molecule has 3 rings (SSSR count). The lowest BCUT2D eigenvalue weighted by Crippen LogP contribution is -2.41. The number of piperidine rings is 1. The Labute approximate surface area is 131 Å². The number of rotatable bonds is 4. The third kappa shape index (κ3) is 3.17. The first-order valence-electron chi connectivity index (χ1n) is 8.15. The monoisotopic (exact) mass is 300 g/mol. The van der Waals surface area contributed by atoms with Crippen molar-refractivity contribution in [1.29, 1.82) is 0 Å². The van der Waals surface area contributed by atoms with Crippen LogP contribution in [0, 0.1) is 5.92 Å². The molecule has 0 spiro atoms. The minimum absolute atomic E-state index is 0.224. The van der Waals surface area contributed by atoms with Gasteiger partial charge in [-0.1, -0.05) is 18.2 Å². The molecule has 0 aliphatic carbocycles. The number of aromatic nitrogens is 1. The maximum Gasteiger partial charge on any atom is 0.224 e. The molecular weight excluding hydrogens is 276 g/mol. The summed E-state index contributed by atoms with van der Waals surface area (Å²) in [6.45, 7) is 4.13. The minimum Gasteiger partial charge on any atom is -0.393 e. The molecule has 0 radical (unpaired) electrons. The van der Waals surface area contributed by atoms with Gasteiger partial charge in [0.25, 0.3) is 0 Å². The summed E-state index contributed by atoms with van der Waals surface area (Å²) in [7, 11) is 0. The Kier molecular flexibility index (Phi) is 4.48. The number of hydrogen-bond acceptors (Lipinski definition) is 2. The van der Waals surface area contributed by atoms with E-state index >= 15 is 0 Å². The van der Waals surface area contributed by atoms with Crippen molar-refractivity contribution in [2.45, 2.75) is 38.8 Å². The lowest BCUT2D eigenvalue weighted by atomic mass is 9.92. The van der Waals surface area contributed by atoms with Gasteiger partial charge in [-0.25, -0.2) is 0 Å². The van der Waals surface area contributed by atoms with Crippen LogP contribution in [-0.2, 0) is 11.3 Å². The molecule has 2 aromatic rings. The maximum absolute atomic E-state index is 12.4. The molecule has 1 fully saturated rings. The smallest absolute Gasteiger partial charge is 0.224 e. The van der Waals surface area contributed by atoms with Gasteiger partial charge in [0.15, 0.2) is 0 Å². The average Bonchev–Trinajstić information content (AvgIpc) is 2.96. The second-order valence-electron chi connectivity index (χ2n) is 6.28. The van der Waals surface area contributed by atoms with Crippen molar-refractivity contribution in [3.05, 3.63) is 36.5 Å². The van der Waals surface area contributed by atoms with Crippen molar-refractivity contribution in [1.82, 2.24) is 9.47 Å². The second-order valence-corrected chi connectivity index (χ2v) is 6.28. The summed E-state index contributed by atoms with van der Waals surface area (Å²) >= 11 is 0. The fourth-order valence-electron chi connectivity index (χ4n) is 3.34. The van der Waals surface area contributed by atoms with Crippen LogP contribution in [-0.4, -0.2) is 39.7 Å². The minimum atomic E-state index is -0.261. The van der Waals surface area contributed by atoms with Gasteiger partial charge in [-0.3, -0.25) is 4.79 Å². The lowest BCUT2D eigenvalue weighted by molar-refractivity contribution is -0.133. The van der Waals surface area contributed by atoms with Gasteiger partial charge in [0.05, 0.1) is 6.10 Å². The number of aliphatic hydroxyl groups excluding tert-OH is 1. The molecule has 2 heterocycles. The number of nitrogens with zero attached hydrogens (tertiary/aromatic N) is 2. The van der Waals surface area contributed by atoms with Crippen molar-refractivity contribution >= 4 is 16.8 Å². The number of carbonyl (C=O) groups excluding carboxylic acids is 1. The standard InChI is InChI=1S/C18H24N2O2/c1-14(21)15-6-11-20(12-7-15)18(22)9-13-19-10-8-16-4-2-3-5-17(16)19/h2-5,8,10,14-15,21H,6-7,9,11-13H2,1H3. The molecule has 1 aliphatic heterocycles. The van der Waals surface area contributed by atoms with Gasteiger partial charge in [0.1, 0.15) is 0 Å². The van der Waals surface area contributed by atoms with E-state index in [4.69, 9.17) is 0 Å². The molecule has 118 valence electrons. The van der Waals surface area contributed by atoms with Crippen LogP contribution >= 0.6 is 0 Å². The Morgan fingerprint density at radius 3 is 2.73 bits per heavy atom. The maximum atomic E-state index is 12.4. The van der Waals surface area contributed by atoms with E-state index in [1.54, 1.807) is 0 Å². The predicted molar refractivity (Wildman–Crippen MR) is 87.5 cm³/mol. The molecule has 4 nitrogen and oxygen atoms in total. The Balaban J connectivity index is 1.55. The first-order chi connectivity index (χ1) is 10.6. The van der Waals surface area contributed by atoms with Crippen molar-refractivity contribution in [3.63, 3.8) is 0 Å². The van der Waals surface area contributed by atoms with Crippen LogP contribution in [0.2, 0.25) is 0 Å². The number of fused-ring (bicyclic) bond motifs is 1. The molecule has 0 saturated carbocycles. The second kappa shape index (κ2) is 6.53. The zero-order valence-corrected chi connectivity index (χ0v) is 13.1. The fourth-order valence-corrected chi connectivity index (χ4v) is 3.34. The van der Waals surface area contributed by atoms with Crippen LogP contribution in [0.15, 0.2) is 36.5 Å². The zero-order chi connectivity index (χ0) is 15.5. The van der Waals surface area contributed by atoms with Crippen molar-refractivity contribution in [2.75, 3.05) is 13.1 Å². The van der Waals surface area contributed by atoms with E-state index in [1.807, 2.05) is 24.0 Å². The fraction of sp³-hybridized carbons (Fsp3) is 0.500. The van der Waals surface area contributed by atoms with Crippen molar-refractivity contribution in [3.8, 4) is 0 Å². The largest absolute Gasteiger partial charge is 0.393 e. The van der Waals surface area contributed by atoms with Gasteiger partial charge >= 0.3 is 0 Å². The van der Waals surface area contributed by atoms with E-state index in [0.717, 1.165) is 32.5 Å². The SMILES string of the molecule is CC(O)C1CCN(C(=O)CCn2ccc3ccccc32)CC1. The first kappa shape index (κ1) is 15.1. The van der Waals surface area contributed by atoms with E-state index in [9.17, 15) is 9.90 Å². The number of benzene rings is 1. The summed E-state index contributed by atoms with van der Waals surface area (Å²) in [4.78, 5) is 14.3. The lowest BCUT2D eigenvalue weighted by Gasteiger charge is -2.33. The van der Waals surface area contributed by atoms with Crippen LogP contribution in [0.25, 0.3) is 10.9 Å². The zero-order valence-electron chi connectivity index (χ0n) is 13.1. The van der Waals surface area contributed by atoms with Crippen molar-refractivity contribution < 1.29 is 9.90 Å². The molecular formula is C18H24N2O2. The van der Waals surface area contributed by atoms with Gasteiger partial charge in [-0.15, -0.1) is 0 Å². The highest BCUT2D eigenvalue weighted by atomic mass is 16.3. The van der Waals surface area contributed by atoms with E-state index < -0.39 is 0 Å². The highest BCUT2D eigenvalue weighted by Crippen LogP contribution is 2.21. The molecule has 1 atom stereocenters. The summed E-state index contributed by atoms with van der Waals surface area (Å²) in [5.41, 5.74) is 1.18. The molecule has 1 aliphatic rings. The summed E-state index contributed by atoms with van der Waals surface area (Å²) in [5.74, 6) is 0.569. The van der Waals surface area contributed by atoms with Gasteiger partial charge in [0.2, 0.25) is 5.91 Å². The Morgan fingerprint density at radius 1 is 1.27 bits per heavy atom. The van der Waals surface area contributed by atoms with E-state index in [1.165, 1.54) is 10.9 Å². The summed E-state index contributed by atoms with van der Waals surface area (Å²) in [6, 6.07) is 10.3. The molecule has 1 unspecified atom stereocenters. The number of aliphatic hydroxyl groups is 1. The number of likely N-dealkylation sites (tertiary alicyclic amines) is 1. The summed E-state index contributed by atoms with van der Waals surface area (Å²) in [6.07, 6.45) is 4.16. The topological polar surface area (TPSA) is 45.5 Å². The molecule has 1 aromatic carbocycles. The summed E-state index contributed by atoms with van der Waals surface area (Å²) in [5, 5.41) is 10.8. The molecule has 1 saturated heterocycles. The Bertz CT molecular complexity index is 639. The number of carbonyl (C=O) groups is 1. The molecule has 4 heteroatoms. The van der Waals surface area contributed by atoms with Crippen LogP contribution < -0.4 is 0 Å². The predicted octanol–water partition coefficient (Wildman–Crippen LogP) is 2.65. The molecule has 1 N–H and O–H groups in total. The average molecular weight is 300 g/mol. The van der Waals surface area contributed by atoms with Gasteiger partial charge in [-0.2, -0.15) is 0 Å². The number of hydrogen-bond donors (Lipinski definition) is 1. The number of amides is 1. The molecule has 1 aromatic heterocycles. The highest BCUT2D eigenvalue weighted by Gasteiger charge is 2.25. The number of para-hydroxylation sites is 1. The van der Waals surface area contributed by atoms with Crippen LogP contribution in [0.5, 0.6) is 0 Å². The quantitative estimate of drug-likeness (QED) is 0.943. The van der Waals surface area contributed by atoms with E-state index in [2.05, 4.69) is 29.0 Å². The Hall–Kier alpha value is -1.81. The van der Waals surface area contributed by atoms with Gasteiger partial charge in [0, 0.05) is 37.8 Å². The summed E-state index contributed by atoms with van der Waals surface area (Å²) < 4.78 is 2.15. The highest BCUT2D eigenvalue weighted by molar-refractivity contribution is 5.80. The third-order valence-electron chi connectivity index (χ3n) is 4.82. The molecule has 1 amide bonds. The van der Waals surface area contributed by atoms with Crippen LogP contribution in [0.1, 0.15) is 26.2 Å². The normalized spacial score (nSPS) is 17.8. The molecule has 22 heavy (non-hydrogen) atoms. The third-order valence-corrected chi connectivity index (χ3v) is 4.82. The van der Waals surface area contributed by atoms with Crippen LogP contribution in [0.3, 0.4) is 0 Å². The van der Waals surface area contributed by atoms with E-state index in [0.29, 0.717) is 12.3 Å².